The Kier molecular flexibility index (Phi) is 5.74. The van der Waals surface area contributed by atoms with Gasteiger partial charge in [0.1, 0.15) is 4.34 Å². The zero-order valence-corrected chi connectivity index (χ0v) is 11.5. The molecule has 0 aliphatic heterocycles. The number of hydrogen-bond donors (Lipinski definition) is 2. The summed E-state index contributed by atoms with van der Waals surface area (Å²) < 4.78 is 0.761. The number of carbonyl (C=O) groups is 2. The number of nitrogens with one attached hydrogen (secondary N) is 2. The fraction of sp³-hybridized carbons (Fsp3) is 0.400. The molecule has 1 aromatic heterocycles. The van der Waals surface area contributed by atoms with E-state index in [9.17, 15) is 9.59 Å². The van der Waals surface area contributed by atoms with Crippen LogP contribution >= 0.6 is 34.5 Å². The van der Waals surface area contributed by atoms with Crippen LogP contribution < -0.4 is 10.6 Å². The van der Waals surface area contributed by atoms with Crippen LogP contribution in [0.3, 0.4) is 0 Å². The molecular weight excluding hydrogens is 283 g/mol. The van der Waals surface area contributed by atoms with Gasteiger partial charge in [-0.3, -0.25) is 9.59 Å². The molecule has 0 bridgehead atoms. The summed E-state index contributed by atoms with van der Waals surface area (Å²) in [4.78, 5) is 22.9. The normalized spacial score (nSPS) is 10.1. The van der Waals surface area contributed by atoms with Crippen molar-refractivity contribution >= 4 is 46.4 Å². The van der Waals surface area contributed by atoms with Gasteiger partial charge in [-0.05, 0) is 12.5 Å². The molecule has 0 spiro atoms. The van der Waals surface area contributed by atoms with E-state index >= 15 is 0 Å². The molecule has 2 N–H and O–H groups in total. The lowest BCUT2D eigenvalue weighted by Crippen LogP contribution is -2.37. The van der Waals surface area contributed by atoms with Gasteiger partial charge in [0.05, 0.1) is 16.4 Å². The standard InChI is InChI=1S/C10H12Cl2N2O2S/c1-2-3-13-8(15)5-14-10(16)6-4-7(11)17-9(6)12/h4H,2-3,5H2,1H3,(H,13,15)(H,14,16). The summed E-state index contributed by atoms with van der Waals surface area (Å²) in [6.45, 7) is 2.48. The molecule has 0 aliphatic carbocycles. The molecule has 2 amide bonds. The summed E-state index contributed by atoms with van der Waals surface area (Å²) in [6.07, 6.45) is 0.853. The average molecular weight is 295 g/mol. The van der Waals surface area contributed by atoms with Crippen molar-refractivity contribution < 1.29 is 9.59 Å². The van der Waals surface area contributed by atoms with Gasteiger partial charge in [0, 0.05) is 6.54 Å². The van der Waals surface area contributed by atoms with Crippen LogP contribution in [0.15, 0.2) is 6.07 Å². The minimum absolute atomic E-state index is 0.0668. The molecule has 0 atom stereocenters. The van der Waals surface area contributed by atoms with Gasteiger partial charge >= 0.3 is 0 Å². The SMILES string of the molecule is CCCNC(=O)CNC(=O)c1cc(Cl)sc1Cl. The van der Waals surface area contributed by atoms with Crippen LogP contribution in [0.1, 0.15) is 23.7 Å². The number of halogens is 2. The predicted molar refractivity (Wildman–Crippen MR) is 70.0 cm³/mol. The van der Waals surface area contributed by atoms with Gasteiger partial charge in [-0.25, -0.2) is 0 Å². The third-order valence-electron chi connectivity index (χ3n) is 1.88. The Morgan fingerprint density at radius 1 is 1.35 bits per heavy atom. The van der Waals surface area contributed by atoms with Crippen LogP contribution in [0, 0.1) is 0 Å². The van der Waals surface area contributed by atoms with E-state index < -0.39 is 5.91 Å². The highest BCUT2D eigenvalue weighted by atomic mass is 35.5. The Hall–Kier alpha value is -0.780. The molecule has 0 aromatic carbocycles. The Labute approximate surface area is 113 Å². The maximum Gasteiger partial charge on any atom is 0.254 e. The minimum atomic E-state index is -0.398. The Morgan fingerprint density at radius 2 is 2.06 bits per heavy atom. The lowest BCUT2D eigenvalue weighted by Gasteiger charge is -2.05. The molecule has 0 fully saturated rings. The maximum atomic E-state index is 11.6. The minimum Gasteiger partial charge on any atom is -0.355 e. The summed E-state index contributed by atoms with van der Waals surface area (Å²) in [5.74, 6) is -0.623. The molecule has 0 unspecified atom stereocenters. The molecule has 0 aliphatic rings. The second-order valence-electron chi connectivity index (χ2n) is 3.27. The molecule has 1 heterocycles. The number of rotatable bonds is 5. The van der Waals surface area contributed by atoms with E-state index in [4.69, 9.17) is 23.2 Å². The van der Waals surface area contributed by atoms with E-state index in [0.29, 0.717) is 20.8 Å². The number of hydrogen-bond acceptors (Lipinski definition) is 3. The van der Waals surface area contributed by atoms with Crippen LogP contribution in [-0.4, -0.2) is 24.9 Å². The van der Waals surface area contributed by atoms with Crippen LogP contribution in [0.2, 0.25) is 8.67 Å². The fourth-order valence-corrected chi connectivity index (χ4v) is 2.54. The van der Waals surface area contributed by atoms with Crippen molar-refractivity contribution in [3.05, 3.63) is 20.3 Å². The highest BCUT2D eigenvalue weighted by Crippen LogP contribution is 2.30. The molecule has 94 valence electrons. The maximum absolute atomic E-state index is 11.6. The van der Waals surface area contributed by atoms with Crippen molar-refractivity contribution in [3.63, 3.8) is 0 Å². The van der Waals surface area contributed by atoms with Gasteiger partial charge in [0.2, 0.25) is 5.91 Å². The molecule has 17 heavy (non-hydrogen) atoms. The lowest BCUT2D eigenvalue weighted by molar-refractivity contribution is -0.120. The molecule has 0 saturated carbocycles. The summed E-state index contributed by atoms with van der Waals surface area (Å²) >= 11 is 12.6. The van der Waals surface area contributed by atoms with Gasteiger partial charge in [0.15, 0.2) is 0 Å². The Morgan fingerprint density at radius 3 is 2.59 bits per heavy atom. The highest BCUT2D eigenvalue weighted by Gasteiger charge is 2.14. The van der Waals surface area contributed by atoms with Crippen molar-refractivity contribution in [1.82, 2.24) is 10.6 Å². The van der Waals surface area contributed by atoms with Crippen molar-refractivity contribution in [2.45, 2.75) is 13.3 Å². The summed E-state index contributed by atoms with van der Waals surface area (Å²) in [5, 5.41) is 5.12. The zero-order valence-electron chi connectivity index (χ0n) is 9.18. The molecule has 0 saturated heterocycles. The van der Waals surface area contributed by atoms with E-state index in [1.807, 2.05) is 6.92 Å². The first-order chi connectivity index (χ1) is 8.04. The van der Waals surface area contributed by atoms with Crippen molar-refractivity contribution in [2.24, 2.45) is 0 Å². The van der Waals surface area contributed by atoms with Crippen LogP contribution in [0.25, 0.3) is 0 Å². The second kappa shape index (κ2) is 6.83. The van der Waals surface area contributed by atoms with E-state index in [1.54, 1.807) is 0 Å². The van der Waals surface area contributed by atoms with E-state index in [1.165, 1.54) is 6.07 Å². The summed E-state index contributed by atoms with van der Waals surface area (Å²) in [6, 6.07) is 1.48. The molecular formula is C10H12Cl2N2O2S. The third kappa shape index (κ3) is 4.53. The predicted octanol–water partition coefficient (Wildman–Crippen LogP) is 2.31. The molecule has 1 rings (SSSR count). The van der Waals surface area contributed by atoms with Crippen LogP contribution in [0.5, 0.6) is 0 Å². The Balaban J connectivity index is 2.45. The summed E-state index contributed by atoms with van der Waals surface area (Å²) in [7, 11) is 0. The molecule has 4 nitrogen and oxygen atoms in total. The van der Waals surface area contributed by atoms with Gasteiger partial charge in [-0.1, -0.05) is 30.1 Å². The smallest absolute Gasteiger partial charge is 0.254 e. The van der Waals surface area contributed by atoms with E-state index in [0.717, 1.165) is 17.8 Å². The lowest BCUT2D eigenvalue weighted by atomic mass is 10.3. The van der Waals surface area contributed by atoms with E-state index in [2.05, 4.69) is 10.6 Å². The summed E-state index contributed by atoms with van der Waals surface area (Å²) in [5.41, 5.74) is 0.296. The topological polar surface area (TPSA) is 58.2 Å². The first kappa shape index (κ1) is 14.3. The second-order valence-corrected chi connectivity index (χ2v) is 5.56. The van der Waals surface area contributed by atoms with Crippen molar-refractivity contribution in [3.8, 4) is 0 Å². The molecule has 1 aromatic rings. The fourth-order valence-electron chi connectivity index (χ4n) is 1.08. The van der Waals surface area contributed by atoms with Gasteiger partial charge in [-0.15, -0.1) is 11.3 Å². The monoisotopic (exact) mass is 294 g/mol. The van der Waals surface area contributed by atoms with Gasteiger partial charge < -0.3 is 10.6 Å². The third-order valence-corrected chi connectivity index (χ3v) is 3.37. The largest absolute Gasteiger partial charge is 0.355 e. The van der Waals surface area contributed by atoms with E-state index in [-0.39, 0.29) is 12.5 Å². The number of amides is 2. The highest BCUT2D eigenvalue weighted by molar-refractivity contribution is 7.20. The average Bonchev–Trinajstić information content (AvgIpc) is 2.62. The van der Waals surface area contributed by atoms with Crippen molar-refractivity contribution in [2.75, 3.05) is 13.1 Å². The molecule has 7 heteroatoms. The van der Waals surface area contributed by atoms with Crippen LogP contribution in [0.4, 0.5) is 0 Å². The Bertz CT molecular complexity index is 420. The molecule has 0 radical (unpaired) electrons. The quantitative estimate of drug-likeness (QED) is 0.875. The first-order valence-electron chi connectivity index (χ1n) is 5.04. The zero-order chi connectivity index (χ0) is 12.8. The number of thiophene rings is 1. The number of carbonyl (C=O) groups excluding carboxylic acids is 2. The van der Waals surface area contributed by atoms with Crippen LogP contribution in [-0.2, 0) is 4.79 Å². The van der Waals surface area contributed by atoms with Gasteiger partial charge in [-0.2, -0.15) is 0 Å². The van der Waals surface area contributed by atoms with Crippen molar-refractivity contribution in [1.29, 1.82) is 0 Å². The first-order valence-corrected chi connectivity index (χ1v) is 6.61. The van der Waals surface area contributed by atoms with Gasteiger partial charge in [0.25, 0.3) is 5.91 Å².